The predicted molar refractivity (Wildman–Crippen MR) is 63.6 cm³/mol. The standard InChI is InChI=1S/C12H18F3N3O/c1-2-16-11(8-19)5-3-9(7-11)18-6-4-10(17-18)12(13,14)15/h4,6,9,16,19H,2-3,5,7-8H2,1H3. The van der Waals surface area contributed by atoms with Crippen LogP contribution >= 0.6 is 0 Å². The maximum absolute atomic E-state index is 12.5. The Morgan fingerprint density at radius 1 is 1.58 bits per heavy atom. The van der Waals surface area contributed by atoms with Crippen molar-refractivity contribution >= 4 is 0 Å². The van der Waals surface area contributed by atoms with Gasteiger partial charge in [0.2, 0.25) is 0 Å². The molecule has 1 aliphatic rings. The van der Waals surface area contributed by atoms with Crippen LogP contribution in [0, 0.1) is 0 Å². The van der Waals surface area contributed by atoms with Crippen LogP contribution in [-0.2, 0) is 6.18 Å². The molecule has 2 unspecified atom stereocenters. The Labute approximate surface area is 109 Å². The zero-order valence-corrected chi connectivity index (χ0v) is 10.7. The molecule has 0 saturated heterocycles. The molecule has 1 aliphatic carbocycles. The lowest BCUT2D eigenvalue weighted by atomic mass is 9.98. The zero-order chi connectivity index (χ0) is 14.1. The minimum atomic E-state index is -4.40. The predicted octanol–water partition coefficient (Wildman–Crippen LogP) is 1.97. The number of aromatic nitrogens is 2. The lowest BCUT2D eigenvalue weighted by molar-refractivity contribution is -0.141. The van der Waals surface area contributed by atoms with Crippen LogP contribution in [0.5, 0.6) is 0 Å². The van der Waals surface area contributed by atoms with Crippen LogP contribution in [-0.4, -0.2) is 33.6 Å². The summed E-state index contributed by atoms with van der Waals surface area (Å²) in [5, 5.41) is 16.3. The molecular weight excluding hydrogens is 259 g/mol. The molecule has 2 N–H and O–H groups in total. The SMILES string of the molecule is CCNC1(CO)CCC(n2ccc(C(F)(F)F)n2)C1. The van der Waals surface area contributed by atoms with Crippen LogP contribution in [0.3, 0.4) is 0 Å². The number of hydrogen-bond donors (Lipinski definition) is 2. The first kappa shape index (κ1) is 14.3. The lowest BCUT2D eigenvalue weighted by Gasteiger charge is -2.28. The van der Waals surface area contributed by atoms with Crippen molar-refractivity contribution < 1.29 is 18.3 Å². The summed E-state index contributed by atoms with van der Waals surface area (Å²) < 4.78 is 38.9. The molecule has 108 valence electrons. The van der Waals surface area contributed by atoms with Crippen molar-refractivity contribution in [1.29, 1.82) is 0 Å². The van der Waals surface area contributed by atoms with Crippen molar-refractivity contribution in [2.24, 2.45) is 0 Å². The number of aliphatic hydroxyl groups is 1. The average Bonchev–Trinajstić information content (AvgIpc) is 2.94. The van der Waals surface area contributed by atoms with Crippen LogP contribution in [0.25, 0.3) is 0 Å². The molecule has 2 atom stereocenters. The van der Waals surface area contributed by atoms with Crippen LogP contribution in [0.4, 0.5) is 13.2 Å². The Hall–Kier alpha value is -1.08. The van der Waals surface area contributed by atoms with E-state index in [1.807, 2.05) is 6.92 Å². The number of alkyl halides is 3. The summed E-state index contributed by atoms with van der Waals surface area (Å²) in [6.45, 7) is 2.66. The Kier molecular flexibility index (Phi) is 3.87. The molecule has 19 heavy (non-hydrogen) atoms. The molecule has 0 bridgehead atoms. The Morgan fingerprint density at radius 3 is 2.84 bits per heavy atom. The van der Waals surface area contributed by atoms with Crippen molar-refractivity contribution in [1.82, 2.24) is 15.1 Å². The van der Waals surface area contributed by atoms with Crippen molar-refractivity contribution in [3.8, 4) is 0 Å². The molecule has 0 aliphatic heterocycles. The van der Waals surface area contributed by atoms with Crippen LogP contribution in [0.15, 0.2) is 12.3 Å². The van der Waals surface area contributed by atoms with Crippen molar-refractivity contribution in [3.63, 3.8) is 0 Å². The largest absolute Gasteiger partial charge is 0.435 e. The molecule has 1 saturated carbocycles. The normalized spacial score (nSPS) is 27.9. The van der Waals surface area contributed by atoms with Crippen LogP contribution < -0.4 is 5.32 Å². The fourth-order valence-electron chi connectivity index (χ4n) is 2.75. The Balaban J connectivity index is 2.10. The second kappa shape index (κ2) is 5.13. The van der Waals surface area contributed by atoms with Gasteiger partial charge in [-0.25, -0.2) is 0 Å². The highest BCUT2D eigenvalue weighted by Crippen LogP contribution is 2.38. The molecule has 0 spiro atoms. The first-order chi connectivity index (χ1) is 8.90. The summed E-state index contributed by atoms with van der Waals surface area (Å²) in [5.74, 6) is 0. The molecule has 2 rings (SSSR count). The highest BCUT2D eigenvalue weighted by molar-refractivity contribution is 5.06. The van der Waals surface area contributed by atoms with Gasteiger partial charge in [-0.05, 0) is 31.9 Å². The van der Waals surface area contributed by atoms with Gasteiger partial charge in [0.1, 0.15) is 0 Å². The summed E-state index contributed by atoms with van der Waals surface area (Å²) in [7, 11) is 0. The number of hydrogen-bond acceptors (Lipinski definition) is 3. The van der Waals surface area contributed by atoms with Gasteiger partial charge in [-0.1, -0.05) is 6.92 Å². The first-order valence-corrected chi connectivity index (χ1v) is 6.38. The van der Waals surface area contributed by atoms with Gasteiger partial charge in [0.05, 0.1) is 12.6 Å². The van der Waals surface area contributed by atoms with E-state index in [0.717, 1.165) is 19.0 Å². The Morgan fingerprint density at radius 2 is 2.32 bits per heavy atom. The molecule has 1 aromatic heterocycles. The highest BCUT2D eigenvalue weighted by atomic mass is 19.4. The molecule has 0 aromatic carbocycles. The van der Waals surface area contributed by atoms with Gasteiger partial charge in [0.25, 0.3) is 0 Å². The van der Waals surface area contributed by atoms with Gasteiger partial charge in [-0.15, -0.1) is 0 Å². The van der Waals surface area contributed by atoms with E-state index in [1.165, 1.54) is 10.9 Å². The first-order valence-electron chi connectivity index (χ1n) is 6.38. The third kappa shape index (κ3) is 2.92. The van der Waals surface area contributed by atoms with E-state index < -0.39 is 11.9 Å². The number of halogens is 3. The van der Waals surface area contributed by atoms with E-state index in [2.05, 4.69) is 10.4 Å². The van der Waals surface area contributed by atoms with Gasteiger partial charge >= 0.3 is 6.18 Å². The minimum absolute atomic E-state index is 0.00919. The average molecular weight is 277 g/mol. The van der Waals surface area contributed by atoms with Gasteiger partial charge < -0.3 is 10.4 Å². The van der Waals surface area contributed by atoms with Crippen molar-refractivity contribution in [3.05, 3.63) is 18.0 Å². The number of nitrogens with one attached hydrogen (secondary N) is 1. The third-order valence-electron chi connectivity index (χ3n) is 3.71. The maximum Gasteiger partial charge on any atom is 0.435 e. The van der Waals surface area contributed by atoms with E-state index in [0.29, 0.717) is 12.8 Å². The third-order valence-corrected chi connectivity index (χ3v) is 3.71. The summed E-state index contributed by atoms with van der Waals surface area (Å²) in [4.78, 5) is 0. The summed E-state index contributed by atoms with van der Waals surface area (Å²) in [6.07, 6.45) is -0.988. The lowest BCUT2D eigenvalue weighted by Crippen LogP contribution is -2.46. The smallest absolute Gasteiger partial charge is 0.394 e. The second-order valence-electron chi connectivity index (χ2n) is 5.04. The van der Waals surface area contributed by atoms with Gasteiger partial charge in [-0.3, -0.25) is 4.68 Å². The fraction of sp³-hybridized carbons (Fsp3) is 0.750. The number of nitrogens with zero attached hydrogens (tertiary/aromatic N) is 2. The van der Waals surface area contributed by atoms with Crippen LogP contribution in [0.1, 0.15) is 37.9 Å². The number of likely N-dealkylation sites (N-methyl/N-ethyl adjacent to an activating group) is 1. The summed E-state index contributed by atoms with van der Waals surface area (Å²) in [6, 6.07) is 0.897. The molecule has 7 heteroatoms. The van der Waals surface area contributed by atoms with Crippen molar-refractivity contribution in [2.45, 2.75) is 43.9 Å². The van der Waals surface area contributed by atoms with Gasteiger partial charge in [0, 0.05) is 11.7 Å². The molecular formula is C12H18F3N3O. The quantitative estimate of drug-likeness (QED) is 0.884. The maximum atomic E-state index is 12.5. The van der Waals surface area contributed by atoms with E-state index in [9.17, 15) is 18.3 Å². The van der Waals surface area contributed by atoms with E-state index >= 15 is 0 Å². The summed E-state index contributed by atoms with van der Waals surface area (Å²) >= 11 is 0. The van der Waals surface area contributed by atoms with E-state index in [1.54, 1.807) is 0 Å². The van der Waals surface area contributed by atoms with Crippen molar-refractivity contribution in [2.75, 3.05) is 13.2 Å². The molecule has 1 heterocycles. The number of rotatable bonds is 4. The van der Waals surface area contributed by atoms with Gasteiger partial charge in [-0.2, -0.15) is 18.3 Å². The number of aliphatic hydroxyl groups excluding tert-OH is 1. The molecule has 4 nitrogen and oxygen atoms in total. The molecule has 0 amide bonds. The van der Waals surface area contributed by atoms with E-state index in [-0.39, 0.29) is 18.2 Å². The fourth-order valence-corrected chi connectivity index (χ4v) is 2.75. The monoisotopic (exact) mass is 277 g/mol. The van der Waals surface area contributed by atoms with Gasteiger partial charge in [0.15, 0.2) is 5.69 Å². The second-order valence-corrected chi connectivity index (χ2v) is 5.04. The molecule has 1 aromatic rings. The topological polar surface area (TPSA) is 50.1 Å². The Bertz CT molecular complexity index is 432. The van der Waals surface area contributed by atoms with Crippen LogP contribution in [0.2, 0.25) is 0 Å². The molecule has 0 radical (unpaired) electrons. The zero-order valence-electron chi connectivity index (χ0n) is 10.7. The summed E-state index contributed by atoms with van der Waals surface area (Å²) in [5.41, 5.74) is -1.25. The molecule has 1 fully saturated rings. The van der Waals surface area contributed by atoms with E-state index in [4.69, 9.17) is 0 Å². The highest BCUT2D eigenvalue weighted by Gasteiger charge is 2.40. The minimum Gasteiger partial charge on any atom is -0.394 e.